The highest BCUT2D eigenvalue weighted by Gasteiger charge is 2.07. The molecular formula is C18H23N3O3S. The molecule has 1 amide bonds. The maximum absolute atomic E-state index is 12.1. The van der Waals surface area contributed by atoms with Gasteiger partial charge in [-0.25, -0.2) is 13.1 Å². The molecule has 0 saturated carbocycles. The molecule has 0 aliphatic carbocycles. The Morgan fingerprint density at radius 1 is 1.00 bits per heavy atom. The van der Waals surface area contributed by atoms with E-state index in [1.165, 1.54) is 0 Å². The second-order valence-corrected chi connectivity index (χ2v) is 7.78. The summed E-state index contributed by atoms with van der Waals surface area (Å²) in [6.45, 7) is 0.401. The van der Waals surface area contributed by atoms with Crippen molar-refractivity contribution in [1.82, 2.24) is 10.0 Å². The summed E-state index contributed by atoms with van der Waals surface area (Å²) in [5.74, 6) is -0.233. The number of carbonyl (C=O) groups is 1. The van der Waals surface area contributed by atoms with Gasteiger partial charge < -0.3 is 10.2 Å². The van der Waals surface area contributed by atoms with Crippen LogP contribution in [0.5, 0.6) is 0 Å². The Labute approximate surface area is 148 Å². The van der Waals surface area contributed by atoms with Crippen molar-refractivity contribution >= 4 is 21.6 Å². The number of sulfonamides is 1. The van der Waals surface area contributed by atoms with E-state index in [0.717, 1.165) is 23.1 Å². The Hall–Kier alpha value is -2.38. The van der Waals surface area contributed by atoms with Crippen LogP contribution in [0, 0.1) is 0 Å². The van der Waals surface area contributed by atoms with Gasteiger partial charge in [-0.2, -0.15) is 0 Å². The maximum Gasteiger partial charge on any atom is 0.251 e. The third-order valence-electron chi connectivity index (χ3n) is 3.62. The summed E-state index contributed by atoms with van der Waals surface area (Å²) in [4.78, 5) is 14.1. The van der Waals surface area contributed by atoms with Crippen LogP contribution in [0.25, 0.3) is 11.1 Å². The van der Waals surface area contributed by atoms with E-state index in [0.29, 0.717) is 5.56 Å². The zero-order valence-electron chi connectivity index (χ0n) is 14.6. The Bertz CT molecular complexity index is 831. The van der Waals surface area contributed by atoms with Gasteiger partial charge in [0.25, 0.3) is 5.91 Å². The maximum atomic E-state index is 12.1. The quantitative estimate of drug-likeness (QED) is 0.736. The van der Waals surface area contributed by atoms with Crippen LogP contribution in [0.2, 0.25) is 0 Å². The molecule has 0 bridgehead atoms. The molecule has 2 aromatic rings. The number of nitrogens with one attached hydrogen (secondary N) is 2. The number of hydrogen-bond donors (Lipinski definition) is 2. The monoisotopic (exact) mass is 361 g/mol. The molecule has 0 radical (unpaired) electrons. The number of anilines is 1. The van der Waals surface area contributed by atoms with E-state index >= 15 is 0 Å². The van der Waals surface area contributed by atoms with Crippen molar-refractivity contribution in [1.29, 1.82) is 0 Å². The van der Waals surface area contributed by atoms with Gasteiger partial charge in [0.2, 0.25) is 10.0 Å². The lowest BCUT2D eigenvalue weighted by Crippen LogP contribution is -2.34. The SMILES string of the molecule is CN(C)c1cccc(-c2ccc(C(=O)NCCNS(C)(=O)=O)cc2)c1. The molecule has 0 aliphatic rings. The van der Waals surface area contributed by atoms with Crippen molar-refractivity contribution in [3.8, 4) is 11.1 Å². The normalized spacial score (nSPS) is 11.2. The van der Waals surface area contributed by atoms with Crippen LogP contribution in [-0.2, 0) is 10.0 Å². The van der Waals surface area contributed by atoms with Gasteiger partial charge in [-0.15, -0.1) is 0 Å². The van der Waals surface area contributed by atoms with Crippen molar-refractivity contribution in [2.24, 2.45) is 0 Å². The minimum absolute atomic E-state index is 0.167. The molecule has 25 heavy (non-hydrogen) atoms. The minimum Gasteiger partial charge on any atom is -0.378 e. The fraction of sp³-hybridized carbons (Fsp3) is 0.278. The third kappa shape index (κ3) is 5.88. The van der Waals surface area contributed by atoms with E-state index < -0.39 is 10.0 Å². The molecule has 0 fully saturated rings. The summed E-state index contributed by atoms with van der Waals surface area (Å²) >= 11 is 0. The molecule has 2 rings (SSSR count). The van der Waals surface area contributed by atoms with Gasteiger partial charge in [0.1, 0.15) is 0 Å². The molecule has 0 aromatic heterocycles. The molecule has 0 spiro atoms. The smallest absolute Gasteiger partial charge is 0.251 e. The van der Waals surface area contributed by atoms with Gasteiger partial charge in [-0.3, -0.25) is 4.79 Å². The number of carbonyl (C=O) groups excluding carboxylic acids is 1. The molecule has 0 heterocycles. The van der Waals surface area contributed by atoms with Crippen LogP contribution >= 0.6 is 0 Å². The molecule has 0 unspecified atom stereocenters. The van der Waals surface area contributed by atoms with Crippen LogP contribution in [0.3, 0.4) is 0 Å². The lowest BCUT2D eigenvalue weighted by atomic mass is 10.0. The molecule has 0 aliphatic heterocycles. The highest BCUT2D eigenvalue weighted by Crippen LogP contribution is 2.24. The first-order valence-electron chi connectivity index (χ1n) is 7.87. The van der Waals surface area contributed by atoms with E-state index in [9.17, 15) is 13.2 Å². The first kappa shape index (κ1) is 19.0. The number of amides is 1. The largest absolute Gasteiger partial charge is 0.378 e. The van der Waals surface area contributed by atoms with Gasteiger partial charge in [-0.1, -0.05) is 24.3 Å². The average molecular weight is 361 g/mol. The van der Waals surface area contributed by atoms with E-state index in [4.69, 9.17) is 0 Å². The fourth-order valence-corrected chi connectivity index (χ4v) is 2.77. The summed E-state index contributed by atoms with van der Waals surface area (Å²) in [5, 5.41) is 2.68. The molecule has 0 saturated heterocycles. The lowest BCUT2D eigenvalue weighted by Gasteiger charge is -2.13. The molecular weight excluding hydrogens is 338 g/mol. The number of hydrogen-bond acceptors (Lipinski definition) is 4. The summed E-state index contributed by atoms with van der Waals surface area (Å²) in [6, 6.07) is 15.5. The van der Waals surface area contributed by atoms with Gasteiger partial charge in [-0.05, 0) is 35.4 Å². The summed E-state index contributed by atoms with van der Waals surface area (Å²) in [7, 11) is 0.745. The van der Waals surface area contributed by atoms with Crippen LogP contribution in [-0.4, -0.2) is 47.8 Å². The molecule has 134 valence electrons. The van der Waals surface area contributed by atoms with E-state index in [-0.39, 0.29) is 19.0 Å². The van der Waals surface area contributed by atoms with Crippen molar-refractivity contribution in [2.45, 2.75) is 0 Å². The zero-order chi connectivity index (χ0) is 18.4. The topological polar surface area (TPSA) is 78.5 Å². The van der Waals surface area contributed by atoms with E-state index in [1.54, 1.807) is 12.1 Å². The van der Waals surface area contributed by atoms with E-state index in [1.807, 2.05) is 49.3 Å². The third-order valence-corrected chi connectivity index (χ3v) is 4.35. The van der Waals surface area contributed by atoms with Crippen LogP contribution in [0.15, 0.2) is 48.5 Å². The molecule has 0 atom stereocenters. The Morgan fingerprint density at radius 2 is 1.68 bits per heavy atom. The predicted molar refractivity (Wildman–Crippen MR) is 101 cm³/mol. The van der Waals surface area contributed by atoms with Gasteiger partial charge in [0, 0.05) is 38.4 Å². The first-order valence-corrected chi connectivity index (χ1v) is 9.76. The summed E-state index contributed by atoms with van der Waals surface area (Å²) in [6.07, 6.45) is 1.08. The molecule has 2 aromatic carbocycles. The first-order chi connectivity index (χ1) is 11.8. The summed E-state index contributed by atoms with van der Waals surface area (Å²) in [5.41, 5.74) is 3.75. The Kier molecular flexibility index (Phi) is 6.17. The standard InChI is InChI=1S/C18H23N3O3S/c1-21(2)17-6-4-5-16(13-17)14-7-9-15(10-8-14)18(22)19-11-12-20-25(3,23)24/h4-10,13,20H,11-12H2,1-3H3,(H,19,22). The van der Waals surface area contributed by atoms with Crippen LogP contribution in [0.1, 0.15) is 10.4 Å². The highest BCUT2D eigenvalue weighted by molar-refractivity contribution is 7.88. The van der Waals surface area contributed by atoms with Crippen molar-refractivity contribution < 1.29 is 13.2 Å². The van der Waals surface area contributed by atoms with Crippen LogP contribution in [0.4, 0.5) is 5.69 Å². The highest BCUT2D eigenvalue weighted by atomic mass is 32.2. The number of rotatable bonds is 7. The van der Waals surface area contributed by atoms with Gasteiger partial charge in [0.05, 0.1) is 6.26 Å². The molecule has 7 heteroatoms. The lowest BCUT2D eigenvalue weighted by molar-refractivity contribution is 0.0954. The average Bonchev–Trinajstić information content (AvgIpc) is 2.58. The number of benzene rings is 2. The Balaban J connectivity index is 1.99. The van der Waals surface area contributed by atoms with Gasteiger partial charge >= 0.3 is 0 Å². The van der Waals surface area contributed by atoms with E-state index in [2.05, 4.69) is 16.1 Å². The minimum atomic E-state index is -3.24. The fourth-order valence-electron chi connectivity index (χ4n) is 2.29. The zero-order valence-corrected chi connectivity index (χ0v) is 15.4. The molecule has 6 nitrogen and oxygen atoms in total. The van der Waals surface area contributed by atoms with Gasteiger partial charge in [0.15, 0.2) is 0 Å². The van der Waals surface area contributed by atoms with Crippen molar-refractivity contribution in [3.05, 3.63) is 54.1 Å². The Morgan fingerprint density at radius 3 is 2.28 bits per heavy atom. The van der Waals surface area contributed by atoms with Crippen molar-refractivity contribution in [2.75, 3.05) is 38.3 Å². The second kappa shape index (κ2) is 8.13. The van der Waals surface area contributed by atoms with Crippen molar-refractivity contribution in [3.63, 3.8) is 0 Å². The molecule has 2 N–H and O–H groups in total. The number of nitrogens with zero attached hydrogens (tertiary/aromatic N) is 1. The second-order valence-electron chi connectivity index (χ2n) is 5.94. The van der Waals surface area contributed by atoms with Crippen LogP contribution < -0.4 is 14.9 Å². The summed E-state index contributed by atoms with van der Waals surface area (Å²) < 4.78 is 24.2. The predicted octanol–water partition coefficient (Wildman–Crippen LogP) is 1.70.